The van der Waals surface area contributed by atoms with Crippen LogP contribution in [0.1, 0.15) is 18.2 Å². The van der Waals surface area contributed by atoms with E-state index in [1.807, 2.05) is 0 Å². The third kappa shape index (κ3) is 2.49. The number of aromatic nitrogens is 2. The Balaban J connectivity index is 2.41. The van der Waals surface area contributed by atoms with Crippen molar-refractivity contribution in [2.45, 2.75) is 18.6 Å². The molecule has 4 nitrogen and oxygen atoms in total. The van der Waals surface area contributed by atoms with Crippen LogP contribution in [-0.4, -0.2) is 29.7 Å². The fourth-order valence-electron chi connectivity index (χ4n) is 1.85. The fraction of sp³-hybridized carbons (Fsp3) is 0.625. The van der Waals surface area contributed by atoms with Crippen LogP contribution in [0.5, 0.6) is 0 Å². The predicted molar refractivity (Wildman–Crippen MR) is 57.2 cm³/mol. The van der Waals surface area contributed by atoms with Gasteiger partial charge in [0.15, 0.2) is 15.5 Å². The molecule has 1 aromatic rings. The smallest absolute Gasteiger partial charge is 0.255 e. The number of rotatable bonds is 1. The van der Waals surface area contributed by atoms with Crippen LogP contribution in [0.2, 0.25) is 0 Å². The van der Waals surface area contributed by atoms with Crippen molar-refractivity contribution in [3.8, 4) is 0 Å². The average Bonchev–Trinajstić information content (AvgIpc) is 2.67. The Morgan fingerprint density at radius 1 is 1.47 bits per heavy atom. The lowest BCUT2D eigenvalue weighted by atomic mass is 10.2. The summed E-state index contributed by atoms with van der Waals surface area (Å²) in [6, 6.07) is -0.733. The Bertz CT molecular complexity index is 537. The van der Waals surface area contributed by atoms with Gasteiger partial charge in [0.05, 0.1) is 28.2 Å². The largest absolute Gasteiger partial charge is 0.434 e. The molecule has 1 aliphatic heterocycles. The van der Waals surface area contributed by atoms with Gasteiger partial charge in [-0.25, -0.2) is 8.42 Å². The topological polar surface area (TPSA) is 52.0 Å². The van der Waals surface area contributed by atoms with Crippen LogP contribution in [0, 0.1) is 0 Å². The van der Waals surface area contributed by atoms with Crippen molar-refractivity contribution in [3.63, 3.8) is 0 Å². The summed E-state index contributed by atoms with van der Waals surface area (Å²) in [5.74, 6) is -0.378. The van der Waals surface area contributed by atoms with E-state index in [1.54, 1.807) is 0 Å². The molecule has 1 fully saturated rings. The van der Waals surface area contributed by atoms with Crippen molar-refractivity contribution in [2.75, 3.05) is 11.5 Å². The fourth-order valence-corrected chi connectivity index (χ4v) is 4.04. The molecule has 0 spiro atoms. The maximum absolute atomic E-state index is 12.7. The standard InChI is InChI=1S/C8H8BrF3N2O2S/c9-6-3-13-14(7(6)8(10,11)12)5-1-2-17(15,16)4-5/h3,5H,1-2,4H2. The summed E-state index contributed by atoms with van der Waals surface area (Å²) in [4.78, 5) is 0. The molecule has 0 radical (unpaired) electrons. The minimum atomic E-state index is -4.55. The first-order valence-corrected chi connectivity index (χ1v) is 7.33. The molecule has 0 aromatic carbocycles. The van der Waals surface area contributed by atoms with E-state index >= 15 is 0 Å². The molecular formula is C8H8BrF3N2O2S. The van der Waals surface area contributed by atoms with E-state index in [0.717, 1.165) is 10.9 Å². The third-order valence-electron chi connectivity index (χ3n) is 2.57. The number of halogens is 4. The van der Waals surface area contributed by atoms with Gasteiger partial charge in [-0.2, -0.15) is 18.3 Å². The summed E-state index contributed by atoms with van der Waals surface area (Å²) < 4.78 is 61.3. The minimum absolute atomic E-state index is 0.0908. The summed E-state index contributed by atoms with van der Waals surface area (Å²) in [5, 5.41) is 3.62. The zero-order valence-corrected chi connectivity index (χ0v) is 10.8. The van der Waals surface area contributed by atoms with Gasteiger partial charge in [0.1, 0.15) is 0 Å². The van der Waals surface area contributed by atoms with E-state index in [-0.39, 0.29) is 22.4 Å². The lowest BCUT2D eigenvalue weighted by molar-refractivity contribution is -0.145. The van der Waals surface area contributed by atoms with Crippen LogP contribution in [0.4, 0.5) is 13.2 Å². The monoisotopic (exact) mass is 332 g/mol. The lowest BCUT2D eigenvalue weighted by Gasteiger charge is -2.15. The Morgan fingerprint density at radius 3 is 2.59 bits per heavy atom. The van der Waals surface area contributed by atoms with Crippen LogP contribution >= 0.6 is 15.9 Å². The van der Waals surface area contributed by atoms with E-state index < -0.39 is 27.7 Å². The molecular weight excluding hydrogens is 325 g/mol. The van der Waals surface area contributed by atoms with Crippen LogP contribution in [0.3, 0.4) is 0 Å². The molecule has 1 aliphatic rings. The molecule has 0 amide bonds. The van der Waals surface area contributed by atoms with Crippen LogP contribution in [0.25, 0.3) is 0 Å². The summed E-state index contributed by atoms with van der Waals surface area (Å²) in [6.45, 7) is 0. The minimum Gasteiger partial charge on any atom is -0.255 e. The number of nitrogens with zero attached hydrogens (tertiary/aromatic N) is 2. The molecule has 1 unspecified atom stereocenters. The predicted octanol–water partition coefficient (Wildman–Crippen LogP) is 2.02. The Hall–Kier alpha value is -0.570. The molecule has 17 heavy (non-hydrogen) atoms. The van der Waals surface area contributed by atoms with Gasteiger partial charge in [-0.3, -0.25) is 4.68 Å². The van der Waals surface area contributed by atoms with Gasteiger partial charge in [0, 0.05) is 0 Å². The van der Waals surface area contributed by atoms with E-state index in [0.29, 0.717) is 0 Å². The molecule has 0 aliphatic carbocycles. The highest BCUT2D eigenvalue weighted by Crippen LogP contribution is 2.37. The zero-order chi connectivity index (χ0) is 12.8. The van der Waals surface area contributed by atoms with Gasteiger partial charge in [-0.1, -0.05) is 0 Å². The SMILES string of the molecule is O=S1(=O)CCC(n2ncc(Br)c2C(F)(F)F)C1. The highest BCUT2D eigenvalue weighted by molar-refractivity contribution is 9.10. The number of alkyl halides is 3. The molecule has 9 heteroatoms. The summed E-state index contributed by atoms with van der Waals surface area (Å²) >= 11 is 2.78. The van der Waals surface area contributed by atoms with Gasteiger partial charge >= 0.3 is 6.18 Å². The average molecular weight is 333 g/mol. The molecule has 1 atom stereocenters. The molecule has 1 aromatic heterocycles. The van der Waals surface area contributed by atoms with Gasteiger partial charge in [-0.05, 0) is 22.4 Å². The Kier molecular flexibility index (Phi) is 3.01. The van der Waals surface area contributed by atoms with Crippen molar-refractivity contribution in [3.05, 3.63) is 16.4 Å². The van der Waals surface area contributed by atoms with E-state index in [4.69, 9.17) is 0 Å². The zero-order valence-electron chi connectivity index (χ0n) is 8.41. The van der Waals surface area contributed by atoms with Gasteiger partial charge < -0.3 is 0 Å². The van der Waals surface area contributed by atoms with Gasteiger partial charge in [0.25, 0.3) is 0 Å². The maximum Gasteiger partial charge on any atom is 0.434 e. The third-order valence-corrected chi connectivity index (χ3v) is 4.90. The van der Waals surface area contributed by atoms with E-state index in [1.165, 1.54) is 0 Å². The maximum atomic E-state index is 12.7. The number of sulfone groups is 1. The first-order valence-electron chi connectivity index (χ1n) is 4.71. The van der Waals surface area contributed by atoms with E-state index in [9.17, 15) is 21.6 Å². The van der Waals surface area contributed by atoms with Crippen molar-refractivity contribution < 1.29 is 21.6 Å². The Labute approximate surface area is 104 Å². The van der Waals surface area contributed by atoms with Crippen molar-refractivity contribution in [1.82, 2.24) is 9.78 Å². The van der Waals surface area contributed by atoms with Gasteiger partial charge in [-0.15, -0.1) is 0 Å². The Morgan fingerprint density at radius 2 is 2.12 bits per heavy atom. The van der Waals surface area contributed by atoms with Crippen molar-refractivity contribution in [1.29, 1.82) is 0 Å². The molecule has 0 bridgehead atoms. The number of hydrogen-bond acceptors (Lipinski definition) is 3. The van der Waals surface area contributed by atoms with E-state index in [2.05, 4.69) is 21.0 Å². The first-order chi connectivity index (χ1) is 7.71. The van der Waals surface area contributed by atoms with Crippen LogP contribution in [0.15, 0.2) is 10.7 Å². The second-order valence-electron chi connectivity index (χ2n) is 3.84. The quantitative estimate of drug-likeness (QED) is 0.790. The summed E-state index contributed by atoms with van der Waals surface area (Å²) in [6.07, 6.45) is -3.35. The second kappa shape index (κ2) is 3.98. The summed E-state index contributed by atoms with van der Waals surface area (Å²) in [5.41, 5.74) is -0.931. The normalized spacial score (nSPS) is 24.1. The van der Waals surface area contributed by atoms with Crippen LogP contribution < -0.4 is 0 Å². The number of hydrogen-bond donors (Lipinski definition) is 0. The molecule has 2 rings (SSSR count). The highest BCUT2D eigenvalue weighted by Gasteiger charge is 2.41. The highest BCUT2D eigenvalue weighted by atomic mass is 79.9. The second-order valence-corrected chi connectivity index (χ2v) is 6.92. The summed E-state index contributed by atoms with van der Waals surface area (Å²) in [7, 11) is -3.24. The molecule has 2 heterocycles. The molecule has 0 N–H and O–H groups in total. The first kappa shape index (κ1) is 12.9. The molecule has 1 saturated heterocycles. The van der Waals surface area contributed by atoms with Crippen molar-refractivity contribution >= 4 is 25.8 Å². The molecule has 96 valence electrons. The van der Waals surface area contributed by atoms with Crippen LogP contribution in [-0.2, 0) is 16.0 Å². The molecule has 0 saturated carbocycles. The van der Waals surface area contributed by atoms with Crippen molar-refractivity contribution in [2.24, 2.45) is 0 Å². The lowest BCUT2D eigenvalue weighted by Crippen LogP contribution is -2.20. The van der Waals surface area contributed by atoms with Gasteiger partial charge in [0.2, 0.25) is 0 Å².